The van der Waals surface area contributed by atoms with Gasteiger partial charge in [-0.3, -0.25) is 0 Å². The van der Waals surface area contributed by atoms with Gasteiger partial charge in [0.15, 0.2) is 0 Å². The summed E-state index contributed by atoms with van der Waals surface area (Å²) in [6.45, 7) is 6.06. The van der Waals surface area contributed by atoms with Crippen molar-refractivity contribution in [2.24, 2.45) is 5.92 Å². The average molecular weight is 254 g/mol. The molecule has 1 aromatic carbocycles. The van der Waals surface area contributed by atoms with Crippen LogP contribution in [0, 0.1) is 5.92 Å². The van der Waals surface area contributed by atoms with E-state index in [1.807, 2.05) is 44.1 Å². The van der Waals surface area contributed by atoms with E-state index in [0.29, 0.717) is 5.02 Å². The molecule has 0 N–H and O–H groups in total. The number of carbonyl (C=O) groups is 1. The lowest BCUT2D eigenvalue weighted by Gasteiger charge is -2.32. The van der Waals surface area contributed by atoms with E-state index in [0.717, 1.165) is 17.5 Å². The maximum Gasteiger partial charge on any atom is 0.130 e. The fraction of sp³-hybridized carbons (Fsp3) is 0.500. The molecule has 0 spiro atoms. The lowest BCUT2D eigenvalue weighted by Crippen LogP contribution is -2.32. The van der Waals surface area contributed by atoms with Gasteiger partial charge in [0, 0.05) is 14.1 Å². The van der Waals surface area contributed by atoms with E-state index >= 15 is 0 Å². The Balaban J connectivity index is 3.49. The summed E-state index contributed by atoms with van der Waals surface area (Å²) in [5, 5.41) is 0.682. The monoisotopic (exact) mass is 253 g/mol. The van der Waals surface area contributed by atoms with Crippen molar-refractivity contribution in [1.82, 2.24) is 0 Å². The Labute approximate surface area is 109 Å². The van der Waals surface area contributed by atoms with Gasteiger partial charge in [-0.15, -0.1) is 0 Å². The third-order valence-electron chi connectivity index (χ3n) is 3.46. The minimum atomic E-state index is -0.509. The molecule has 0 saturated carbocycles. The van der Waals surface area contributed by atoms with Gasteiger partial charge in [0.05, 0.1) is 16.1 Å². The van der Waals surface area contributed by atoms with Gasteiger partial charge in [0.1, 0.15) is 6.29 Å². The molecule has 0 saturated heterocycles. The first-order valence-electron chi connectivity index (χ1n) is 5.77. The number of rotatable bonds is 4. The van der Waals surface area contributed by atoms with Gasteiger partial charge >= 0.3 is 0 Å². The van der Waals surface area contributed by atoms with Gasteiger partial charge in [0.25, 0.3) is 0 Å². The molecule has 0 aliphatic carbocycles. The molecule has 0 fully saturated rings. The molecule has 1 rings (SSSR count). The van der Waals surface area contributed by atoms with E-state index in [4.69, 9.17) is 11.6 Å². The maximum absolute atomic E-state index is 11.5. The Morgan fingerprint density at radius 2 is 1.94 bits per heavy atom. The van der Waals surface area contributed by atoms with Crippen LogP contribution in [0.25, 0.3) is 0 Å². The van der Waals surface area contributed by atoms with Crippen LogP contribution in [0.4, 0.5) is 5.69 Å². The van der Waals surface area contributed by atoms with Crippen LogP contribution in [0.5, 0.6) is 0 Å². The highest BCUT2D eigenvalue weighted by Crippen LogP contribution is 2.39. The third kappa shape index (κ3) is 2.47. The zero-order valence-corrected chi connectivity index (χ0v) is 11.9. The van der Waals surface area contributed by atoms with Gasteiger partial charge < -0.3 is 9.69 Å². The van der Waals surface area contributed by atoms with Gasteiger partial charge in [-0.2, -0.15) is 0 Å². The standard InChI is InChI=1S/C14H20ClNO/c1-10(2)14(3,9-17)11-7-6-8-12(15)13(11)16(4)5/h6-10H,1-5H3. The summed E-state index contributed by atoms with van der Waals surface area (Å²) < 4.78 is 0. The van der Waals surface area contributed by atoms with Crippen molar-refractivity contribution in [3.63, 3.8) is 0 Å². The number of hydrogen-bond acceptors (Lipinski definition) is 2. The normalized spacial score (nSPS) is 14.5. The van der Waals surface area contributed by atoms with Crippen LogP contribution in [-0.4, -0.2) is 20.4 Å². The number of carbonyl (C=O) groups excluding carboxylic acids is 1. The van der Waals surface area contributed by atoms with Crippen LogP contribution in [-0.2, 0) is 10.2 Å². The molecule has 1 aromatic rings. The molecular formula is C14H20ClNO. The highest BCUT2D eigenvalue weighted by atomic mass is 35.5. The lowest BCUT2D eigenvalue weighted by atomic mass is 9.74. The van der Waals surface area contributed by atoms with Crippen LogP contribution >= 0.6 is 11.6 Å². The molecular weight excluding hydrogens is 234 g/mol. The summed E-state index contributed by atoms with van der Waals surface area (Å²) >= 11 is 6.23. The number of halogens is 1. The molecule has 3 heteroatoms. The van der Waals surface area contributed by atoms with Crippen LogP contribution in [0.15, 0.2) is 18.2 Å². The Bertz CT molecular complexity index is 415. The van der Waals surface area contributed by atoms with Crippen LogP contribution < -0.4 is 4.90 Å². The van der Waals surface area contributed by atoms with Crippen LogP contribution in [0.2, 0.25) is 5.02 Å². The van der Waals surface area contributed by atoms with E-state index in [-0.39, 0.29) is 5.92 Å². The molecule has 17 heavy (non-hydrogen) atoms. The summed E-state index contributed by atoms with van der Waals surface area (Å²) in [6, 6.07) is 5.73. The van der Waals surface area contributed by atoms with Crippen molar-refractivity contribution < 1.29 is 4.79 Å². The zero-order valence-electron chi connectivity index (χ0n) is 11.1. The average Bonchev–Trinajstić information content (AvgIpc) is 2.26. The number of para-hydroxylation sites is 1. The smallest absolute Gasteiger partial charge is 0.130 e. The Kier molecular flexibility index (Phi) is 4.21. The second kappa shape index (κ2) is 5.09. The topological polar surface area (TPSA) is 20.3 Å². The van der Waals surface area contributed by atoms with E-state index in [2.05, 4.69) is 13.8 Å². The van der Waals surface area contributed by atoms with Crippen molar-refractivity contribution in [2.75, 3.05) is 19.0 Å². The molecule has 0 bridgehead atoms. The molecule has 1 unspecified atom stereocenters. The first kappa shape index (κ1) is 14.0. The zero-order chi connectivity index (χ0) is 13.2. The fourth-order valence-electron chi connectivity index (χ4n) is 1.92. The first-order chi connectivity index (χ1) is 7.84. The largest absolute Gasteiger partial charge is 0.376 e. The fourth-order valence-corrected chi connectivity index (χ4v) is 2.26. The van der Waals surface area contributed by atoms with Crippen molar-refractivity contribution in [3.8, 4) is 0 Å². The quantitative estimate of drug-likeness (QED) is 0.766. The molecule has 0 aliphatic heterocycles. The molecule has 94 valence electrons. The van der Waals surface area contributed by atoms with Crippen LogP contribution in [0.1, 0.15) is 26.3 Å². The van der Waals surface area contributed by atoms with Gasteiger partial charge in [0.2, 0.25) is 0 Å². The van der Waals surface area contributed by atoms with E-state index < -0.39 is 5.41 Å². The van der Waals surface area contributed by atoms with E-state index in [1.165, 1.54) is 0 Å². The summed E-state index contributed by atoms with van der Waals surface area (Å²) in [5.74, 6) is 0.220. The number of benzene rings is 1. The summed E-state index contributed by atoms with van der Waals surface area (Å²) in [4.78, 5) is 13.5. The Morgan fingerprint density at radius 1 is 1.35 bits per heavy atom. The Morgan fingerprint density at radius 3 is 2.35 bits per heavy atom. The first-order valence-corrected chi connectivity index (χ1v) is 6.15. The summed E-state index contributed by atoms with van der Waals surface area (Å²) in [5.41, 5.74) is 1.40. The van der Waals surface area contributed by atoms with Crippen LogP contribution in [0.3, 0.4) is 0 Å². The third-order valence-corrected chi connectivity index (χ3v) is 3.76. The predicted octanol–water partition coefficient (Wildman–Crippen LogP) is 3.52. The van der Waals surface area contributed by atoms with Crippen molar-refractivity contribution >= 4 is 23.6 Å². The van der Waals surface area contributed by atoms with Crippen molar-refractivity contribution in [1.29, 1.82) is 0 Å². The SMILES string of the molecule is CC(C)C(C)(C=O)c1cccc(Cl)c1N(C)C. The molecule has 0 heterocycles. The predicted molar refractivity (Wildman–Crippen MR) is 74.0 cm³/mol. The highest BCUT2D eigenvalue weighted by molar-refractivity contribution is 6.33. The molecule has 0 amide bonds. The van der Waals surface area contributed by atoms with E-state index in [1.54, 1.807) is 0 Å². The maximum atomic E-state index is 11.5. The van der Waals surface area contributed by atoms with Gasteiger partial charge in [-0.05, 0) is 24.5 Å². The molecule has 2 nitrogen and oxygen atoms in total. The number of aldehydes is 1. The van der Waals surface area contributed by atoms with Crippen molar-refractivity contribution in [2.45, 2.75) is 26.2 Å². The molecule has 0 aliphatic rings. The summed E-state index contributed by atoms with van der Waals surface area (Å²) in [6.07, 6.45) is 1.02. The highest BCUT2D eigenvalue weighted by Gasteiger charge is 2.33. The number of hydrogen-bond donors (Lipinski definition) is 0. The number of nitrogens with zero attached hydrogens (tertiary/aromatic N) is 1. The lowest BCUT2D eigenvalue weighted by molar-refractivity contribution is -0.113. The minimum Gasteiger partial charge on any atom is -0.376 e. The molecule has 0 radical (unpaired) electrons. The van der Waals surface area contributed by atoms with E-state index in [9.17, 15) is 4.79 Å². The summed E-state index contributed by atoms with van der Waals surface area (Å²) in [7, 11) is 3.88. The second-order valence-corrected chi connectivity index (χ2v) is 5.49. The second-order valence-electron chi connectivity index (χ2n) is 5.09. The Hall–Kier alpha value is -1.02. The van der Waals surface area contributed by atoms with Gasteiger partial charge in [-0.1, -0.05) is 37.6 Å². The van der Waals surface area contributed by atoms with Gasteiger partial charge in [-0.25, -0.2) is 0 Å². The minimum absolute atomic E-state index is 0.220. The molecule has 0 aromatic heterocycles. The number of anilines is 1. The van der Waals surface area contributed by atoms with Crippen molar-refractivity contribution in [3.05, 3.63) is 28.8 Å². The molecule has 1 atom stereocenters.